The molecule has 1 aromatic carbocycles. The van der Waals surface area contributed by atoms with Crippen LogP contribution in [0.15, 0.2) is 39.9 Å². The van der Waals surface area contributed by atoms with Crippen LogP contribution in [0.4, 0.5) is 5.69 Å². The Balaban J connectivity index is 2.47. The van der Waals surface area contributed by atoms with Gasteiger partial charge >= 0.3 is 5.97 Å². The van der Waals surface area contributed by atoms with E-state index in [1.165, 1.54) is 36.5 Å². The SMILES string of the molecule is Cc1c(C(=O)O)cccc1S(=O)(=O)Nc1ccsc1. The molecule has 100 valence electrons. The summed E-state index contributed by atoms with van der Waals surface area (Å²) in [6.07, 6.45) is 0. The molecule has 0 amide bonds. The molecule has 0 unspecified atom stereocenters. The average Bonchev–Trinajstić information content (AvgIpc) is 2.80. The monoisotopic (exact) mass is 297 g/mol. The predicted octanol–water partition coefficient (Wildman–Crippen LogP) is 2.56. The summed E-state index contributed by atoms with van der Waals surface area (Å²) >= 11 is 1.37. The van der Waals surface area contributed by atoms with Gasteiger partial charge in [-0.3, -0.25) is 4.72 Å². The van der Waals surface area contributed by atoms with Gasteiger partial charge in [0.05, 0.1) is 16.1 Å². The van der Waals surface area contributed by atoms with Crippen molar-refractivity contribution in [1.82, 2.24) is 0 Å². The summed E-state index contributed by atoms with van der Waals surface area (Å²) in [6.45, 7) is 1.48. The standard InChI is InChI=1S/C12H11NO4S2/c1-8-10(12(14)15)3-2-4-11(8)19(16,17)13-9-5-6-18-7-9/h2-7,13H,1H3,(H,14,15). The maximum absolute atomic E-state index is 12.2. The molecule has 0 fully saturated rings. The van der Waals surface area contributed by atoms with Gasteiger partial charge in [-0.2, -0.15) is 11.3 Å². The van der Waals surface area contributed by atoms with Crippen molar-refractivity contribution in [3.8, 4) is 0 Å². The van der Waals surface area contributed by atoms with Crippen molar-refractivity contribution >= 4 is 33.0 Å². The number of carboxylic acid groups (broad SMARTS) is 1. The fourth-order valence-electron chi connectivity index (χ4n) is 1.67. The van der Waals surface area contributed by atoms with E-state index >= 15 is 0 Å². The van der Waals surface area contributed by atoms with Crippen LogP contribution in [0.3, 0.4) is 0 Å². The van der Waals surface area contributed by atoms with Crippen molar-refractivity contribution < 1.29 is 18.3 Å². The lowest BCUT2D eigenvalue weighted by Gasteiger charge is -2.10. The minimum absolute atomic E-state index is 0.0202. The van der Waals surface area contributed by atoms with Gasteiger partial charge in [-0.05, 0) is 36.1 Å². The Hall–Kier alpha value is -1.86. The first kappa shape index (κ1) is 13.6. The normalized spacial score (nSPS) is 11.2. The number of benzene rings is 1. The van der Waals surface area contributed by atoms with Crippen LogP contribution in [0.5, 0.6) is 0 Å². The molecule has 0 saturated carbocycles. The maximum atomic E-state index is 12.2. The Labute approximate surface area is 114 Å². The topological polar surface area (TPSA) is 83.5 Å². The Morgan fingerprint density at radius 1 is 1.32 bits per heavy atom. The predicted molar refractivity (Wildman–Crippen MR) is 73.3 cm³/mol. The summed E-state index contributed by atoms with van der Waals surface area (Å²) in [6, 6.07) is 5.81. The lowest BCUT2D eigenvalue weighted by Crippen LogP contribution is -2.15. The van der Waals surface area contributed by atoms with Crippen LogP contribution >= 0.6 is 11.3 Å². The molecule has 0 radical (unpaired) electrons. The lowest BCUT2D eigenvalue weighted by atomic mass is 10.1. The van der Waals surface area contributed by atoms with E-state index in [9.17, 15) is 13.2 Å². The zero-order valence-electron chi connectivity index (χ0n) is 9.95. The van der Waals surface area contributed by atoms with E-state index in [4.69, 9.17) is 5.11 Å². The van der Waals surface area contributed by atoms with Crippen LogP contribution in [-0.2, 0) is 10.0 Å². The number of hydrogen-bond donors (Lipinski definition) is 2. The minimum atomic E-state index is -3.78. The zero-order valence-corrected chi connectivity index (χ0v) is 11.6. The van der Waals surface area contributed by atoms with Crippen LogP contribution in [0.1, 0.15) is 15.9 Å². The van der Waals surface area contributed by atoms with Gasteiger partial charge in [-0.25, -0.2) is 13.2 Å². The van der Waals surface area contributed by atoms with Crippen molar-refractivity contribution in [3.05, 3.63) is 46.2 Å². The average molecular weight is 297 g/mol. The number of carbonyl (C=O) groups is 1. The Bertz CT molecular complexity index is 705. The maximum Gasteiger partial charge on any atom is 0.335 e. The Morgan fingerprint density at radius 3 is 2.63 bits per heavy atom. The first-order valence-electron chi connectivity index (χ1n) is 5.30. The third-order valence-electron chi connectivity index (χ3n) is 2.58. The number of anilines is 1. The highest BCUT2D eigenvalue weighted by molar-refractivity contribution is 7.92. The molecule has 2 N–H and O–H groups in total. The third-order valence-corrected chi connectivity index (χ3v) is 4.79. The molecule has 0 aliphatic carbocycles. The Morgan fingerprint density at radius 2 is 2.05 bits per heavy atom. The first-order valence-corrected chi connectivity index (χ1v) is 7.72. The van der Waals surface area contributed by atoms with E-state index in [2.05, 4.69) is 4.72 Å². The van der Waals surface area contributed by atoms with E-state index in [1.54, 1.807) is 16.8 Å². The molecule has 0 atom stereocenters. The quantitative estimate of drug-likeness (QED) is 0.908. The molecule has 1 heterocycles. The molecule has 2 aromatic rings. The summed E-state index contributed by atoms with van der Waals surface area (Å²) in [5.41, 5.74) is 0.663. The summed E-state index contributed by atoms with van der Waals surface area (Å²) in [5, 5.41) is 12.4. The summed E-state index contributed by atoms with van der Waals surface area (Å²) in [7, 11) is -3.78. The van der Waals surface area contributed by atoms with Gasteiger partial charge < -0.3 is 5.11 Å². The van der Waals surface area contributed by atoms with Gasteiger partial charge in [-0.1, -0.05) is 6.07 Å². The van der Waals surface area contributed by atoms with E-state index < -0.39 is 16.0 Å². The van der Waals surface area contributed by atoms with Gasteiger partial charge in [-0.15, -0.1) is 0 Å². The molecule has 7 heteroatoms. The molecule has 0 saturated heterocycles. The largest absolute Gasteiger partial charge is 0.478 e. The number of aromatic carboxylic acids is 1. The van der Waals surface area contributed by atoms with E-state index in [1.807, 2.05) is 0 Å². The molecule has 1 aromatic heterocycles. The van der Waals surface area contributed by atoms with Crippen molar-refractivity contribution in [2.24, 2.45) is 0 Å². The molecule has 0 aliphatic rings. The number of thiophene rings is 1. The van der Waals surface area contributed by atoms with Crippen LogP contribution < -0.4 is 4.72 Å². The third kappa shape index (κ3) is 2.77. The highest BCUT2D eigenvalue weighted by Crippen LogP contribution is 2.23. The Kier molecular flexibility index (Phi) is 3.59. The van der Waals surface area contributed by atoms with E-state index in [-0.39, 0.29) is 16.0 Å². The van der Waals surface area contributed by atoms with Gasteiger partial charge in [0, 0.05) is 5.38 Å². The highest BCUT2D eigenvalue weighted by Gasteiger charge is 2.20. The fraction of sp³-hybridized carbons (Fsp3) is 0.0833. The van der Waals surface area contributed by atoms with Crippen molar-refractivity contribution in [1.29, 1.82) is 0 Å². The lowest BCUT2D eigenvalue weighted by molar-refractivity contribution is 0.0696. The molecular formula is C12H11NO4S2. The van der Waals surface area contributed by atoms with Crippen LogP contribution in [0, 0.1) is 6.92 Å². The zero-order chi connectivity index (χ0) is 14.0. The molecule has 2 rings (SSSR count). The summed E-state index contributed by atoms with van der Waals surface area (Å²) in [5.74, 6) is -1.15. The second kappa shape index (κ2) is 5.02. The number of hydrogen-bond acceptors (Lipinski definition) is 4. The van der Waals surface area contributed by atoms with Gasteiger partial charge in [0.2, 0.25) is 0 Å². The van der Waals surface area contributed by atoms with Crippen LogP contribution in [-0.4, -0.2) is 19.5 Å². The van der Waals surface area contributed by atoms with Gasteiger partial charge in [0.15, 0.2) is 0 Å². The number of nitrogens with one attached hydrogen (secondary N) is 1. The van der Waals surface area contributed by atoms with Crippen molar-refractivity contribution in [2.75, 3.05) is 4.72 Å². The van der Waals surface area contributed by atoms with Crippen molar-refractivity contribution in [3.63, 3.8) is 0 Å². The molecular weight excluding hydrogens is 286 g/mol. The number of rotatable bonds is 4. The van der Waals surface area contributed by atoms with E-state index in [0.717, 1.165) is 0 Å². The number of carboxylic acids is 1. The minimum Gasteiger partial charge on any atom is -0.478 e. The van der Waals surface area contributed by atoms with Crippen LogP contribution in [0.25, 0.3) is 0 Å². The van der Waals surface area contributed by atoms with Gasteiger partial charge in [0.25, 0.3) is 10.0 Å². The fourth-order valence-corrected chi connectivity index (χ4v) is 3.65. The van der Waals surface area contributed by atoms with Crippen LogP contribution in [0.2, 0.25) is 0 Å². The molecule has 19 heavy (non-hydrogen) atoms. The van der Waals surface area contributed by atoms with E-state index in [0.29, 0.717) is 5.69 Å². The smallest absolute Gasteiger partial charge is 0.335 e. The molecule has 5 nitrogen and oxygen atoms in total. The highest BCUT2D eigenvalue weighted by atomic mass is 32.2. The van der Waals surface area contributed by atoms with Crippen molar-refractivity contribution in [2.45, 2.75) is 11.8 Å². The molecule has 0 aliphatic heterocycles. The second-order valence-corrected chi connectivity index (χ2v) is 6.28. The summed E-state index contributed by atoms with van der Waals surface area (Å²) in [4.78, 5) is 11.0. The molecule has 0 spiro atoms. The van der Waals surface area contributed by atoms with Gasteiger partial charge in [0.1, 0.15) is 0 Å². The first-order chi connectivity index (χ1) is 8.92. The molecule has 0 bridgehead atoms. The summed E-state index contributed by atoms with van der Waals surface area (Å²) < 4.78 is 26.8. The second-order valence-electron chi connectivity index (χ2n) is 3.85. The number of sulfonamides is 1.